The lowest BCUT2D eigenvalue weighted by atomic mass is 10.0. The Bertz CT molecular complexity index is 507. The number of alkyl halides is 4. The minimum atomic E-state index is -4.60. The van der Waals surface area contributed by atoms with Crippen molar-refractivity contribution >= 4 is 40.0 Å². The minimum absolute atomic E-state index is 0.174. The third-order valence-electron chi connectivity index (χ3n) is 1.94. The highest BCUT2D eigenvalue weighted by Crippen LogP contribution is 2.32. The van der Waals surface area contributed by atoms with Gasteiger partial charge in [0.2, 0.25) is 0 Å². The molecule has 0 spiro atoms. The summed E-state index contributed by atoms with van der Waals surface area (Å²) in [5.41, 5.74) is -1.39. The topological polar surface area (TPSA) is 40.9 Å². The predicted octanol–water partition coefficient (Wildman–Crippen LogP) is 3.60. The molecule has 0 saturated heterocycles. The van der Waals surface area contributed by atoms with Crippen LogP contribution in [0.2, 0.25) is 0 Å². The smallest absolute Gasteiger partial charge is 0.293 e. The lowest BCUT2D eigenvalue weighted by Gasteiger charge is -2.10. The van der Waals surface area contributed by atoms with Gasteiger partial charge in [-0.1, -0.05) is 0 Å². The van der Waals surface area contributed by atoms with Gasteiger partial charge in [-0.25, -0.2) is 0 Å². The summed E-state index contributed by atoms with van der Waals surface area (Å²) in [6.07, 6.45) is -4.60. The van der Waals surface area contributed by atoms with Crippen molar-refractivity contribution in [2.45, 2.75) is 6.18 Å². The van der Waals surface area contributed by atoms with E-state index >= 15 is 0 Å². The lowest BCUT2D eigenvalue weighted by Crippen LogP contribution is -2.11. The largest absolute Gasteiger partial charge is 0.416 e. The van der Waals surface area contributed by atoms with Crippen molar-refractivity contribution in [1.82, 2.24) is 0 Å². The SMILES string of the molecule is N#Cc1cc(C(F)(F)F)cc(C(=O)CCl)c1I. The Morgan fingerprint density at radius 3 is 2.47 bits per heavy atom. The highest BCUT2D eigenvalue weighted by molar-refractivity contribution is 14.1. The molecule has 0 aliphatic heterocycles. The number of carbonyl (C=O) groups is 1. The molecule has 7 heteroatoms. The van der Waals surface area contributed by atoms with Crippen LogP contribution in [-0.4, -0.2) is 11.7 Å². The molecule has 0 aliphatic rings. The molecule has 90 valence electrons. The molecule has 0 unspecified atom stereocenters. The standard InChI is InChI=1S/C10H4ClF3INO/c11-3-8(17)7-2-6(10(12,13)14)1-5(4-16)9(7)15/h1-2H,3H2. The number of carbonyl (C=O) groups excluding carboxylic acids is 1. The first kappa shape index (κ1) is 14.3. The summed E-state index contributed by atoms with van der Waals surface area (Å²) < 4.78 is 37.8. The highest BCUT2D eigenvalue weighted by atomic mass is 127. The predicted molar refractivity (Wildman–Crippen MR) is 63.9 cm³/mol. The van der Waals surface area contributed by atoms with Gasteiger partial charge in [-0.2, -0.15) is 18.4 Å². The second kappa shape index (κ2) is 5.23. The molecule has 0 saturated carbocycles. The quantitative estimate of drug-likeness (QED) is 0.451. The van der Waals surface area contributed by atoms with Gasteiger partial charge in [0, 0.05) is 9.13 Å². The summed E-state index contributed by atoms with van der Waals surface area (Å²) in [5.74, 6) is -1.07. The molecule has 0 aliphatic carbocycles. The molecule has 1 rings (SSSR count). The maximum Gasteiger partial charge on any atom is 0.416 e. The van der Waals surface area contributed by atoms with Crippen LogP contribution < -0.4 is 0 Å². The summed E-state index contributed by atoms with van der Waals surface area (Å²) >= 11 is 6.96. The Labute approximate surface area is 114 Å². The molecule has 0 radical (unpaired) electrons. The maximum absolute atomic E-state index is 12.5. The molecule has 1 aromatic rings. The maximum atomic E-state index is 12.5. The van der Waals surface area contributed by atoms with Gasteiger partial charge < -0.3 is 0 Å². The molecule has 0 atom stereocenters. The Morgan fingerprint density at radius 2 is 2.06 bits per heavy atom. The van der Waals surface area contributed by atoms with E-state index in [1.807, 2.05) is 0 Å². The van der Waals surface area contributed by atoms with Crippen LogP contribution in [0.25, 0.3) is 0 Å². The van der Waals surface area contributed by atoms with Crippen molar-refractivity contribution < 1.29 is 18.0 Å². The fourth-order valence-corrected chi connectivity index (χ4v) is 2.02. The number of hydrogen-bond acceptors (Lipinski definition) is 2. The normalized spacial score (nSPS) is 11.1. The number of hydrogen-bond donors (Lipinski definition) is 0. The Kier molecular flexibility index (Phi) is 4.38. The van der Waals surface area contributed by atoms with Crippen molar-refractivity contribution in [3.8, 4) is 6.07 Å². The van der Waals surface area contributed by atoms with Crippen LogP contribution in [-0.2, 0) is 6.18 Å². The van der Waals surface area contributed by atoms with Gasteiger partial charge in [0.05, 0.1) is 17.0 Å². The third kappa shape index (κ3) is 3.10. The highest BCUT2D eigenvalue weighted by Gasteiger charge is 2.32. The molecular formula is C10H4ClF3INO. The van der Waals surface area contributed by atoms with Crippen LogP contribution in [0.15, 0.2) is 12.1 Å². The van der Waals surface area contributed by atoms with E-state index in [1.54, 1.807) is 28.7 Å². The van der Waals surface area contributed by atoms with Crippen molar-refractivity contribution in [2.75, 3.05) is 5.88 Å². The molecule has 0 amide bonds. The summed E-state index contributed by atoms with van der Waals surface area (Å²) in [4.78, 5) is 11.4. The number of halogens is 5. The van der Waals surface area contributed by atoms with E-state index in [-0.39, 0.29) is 14.7 Å². The molecule has 0 fully saturated rings. The van der Waals surface area contributed by atoms with Gasteiger partial charge in [-0.05, 0) is 34.7 Å². The minimum Gasteiger partial charge on any atom is -0.293 e. The van der Waals surface area contributed by atoms with E-state index in [0.29, 0.717) is 12.1 Å². The first-order chi connectivity index (χ1) is 7.81. The average molecular weight is 373 g/mol. The fraction of sp³-hybridized carbons (Fsp3) is 0.200. The average Bonchev–Trinajstić information content (AvgIpc) is 2.26. The molecule has 2 nitrogen and oxygen atoms in total. The van der Waals surface area contributed by atoms with Crippen molar-refractivity contribution in [3.05, 3.63) is 32.4 Å². The van der Waals surface area contributed by atoms with E-state index in [9.17, 15) is 18.0 Å². The number of nitrogens with zero attached hydrogens (tertiary/aromatic N) is 1. The van der Waals surface area contributed by atoms with Crippen molar-refractivity contribution in [1.29, 1.82) is 5.26 Å². The second-order valence-corrected chi connectivity index (χ2v) is 4.40. The zero-order valence-corrected chi connectivity index (χ0v) is 11.0. The summed E-state index contributed by atoms with van der Waals surface area (Å²) in [5, 5.41) is 8.72. The van der Waals surface area contributed by atoms with Gasteiger partial charge in [0.25, 0.3) is 0 Å². The molecule has 0 bridgehead atoms. The van der Waals surface area contributed by atoms with Gasteiger partial charge in [-0.15, -0.1) is 11.6 Å². The van der Waals surface area contributed by atoms with Crippen LogP contribution in [0.4, 0.5) is 13.2 Å². The Morgan fingerprint density at radius 1 is 1.47 bits per heavy atom. The van der Waals surface area contributed by atoms with Crippen LogP contribution in [0.1, 0.15) is 21.5 Å². The van der Waals surface area contributed by atoms with E-state index in [1.165, 1.54) is 0 Å². The van der Waals surface area contributed by atoms with Gasteiger partial charge in [0.1, 0.15) is 6.07 Å². The van der Waals surface area contributed by atoms with Gasteiger partial charge >= 0.3 is 6.18 Å². The third-order valence-corrected chi connectivity index (χ3v) is 3.35. The van der Waals surface area contributed by atoms with E-state index in [2.05, 4.69) is 0 Å². The molecule has 1 aromatic carbocycles. The zero-order chi connectivity index (χ0) is 13.2. The van der Waals surface area contributed by atoms with E-state index < -0.39 is 23.4 Å². The van der Waals surface area contributed by atoms with Crippen molar-refractivity contribution in [2.24, 2.45) is 0 Å². The number of ketones is 1. The summed E-state index contributed by atoms with van der Waals surface area (Å²) in [7, 11) is 0. The fourth-order valence-electron chi connectivity index (χ4n) is 1.14. The zero-order valence-electron chi connectivity index (χ0n) is 8.11. The first-order valence-electron chi connectivity index (χ1n) is 4.21. The number of benzene rings is 1. The number of nitriles is 1. The monoisotopic (exact) mass is 373 g/mol. The molecule has 0 aromatic heterocycles. The van der Waals surface area contributed by atoms with Crippen LogP contribution in [0.3, 0.4) is 0 Å². The van der Waals surface area contributed by atoms with Gasteiger partial charge in [-0.3, -0.25) is 4.79 Å². The van der Waals surface area contributed by atoms with Crippen LogP contribution >= 0.6 is 34.2 Å². The Hall–Kier alpha value is -0.810. The van der Waals surface area contributed by atoms with Crippen LogP contribution in [0.5, 0.6) is 0 Å². The summed E-state index contributed by atoms with van der Waals surface area (Å²) in [6.45, 7) is 0. The summed E-state index contributed by atoms with van der Waals surface area (Å²) in [6, 6.07) is 3.05. The Balaban J connectivity index is 3.51. The van der Waals surface area contributed by atoms with E-state index in [4.69, 9.17) is 16.9 Å². The second-order valence-electron chi connectivity index (χ2n) is 3.05. The first-order valence-corrected chi connectivity index (χ1v) is 5.82. The van der Waals surface area contributed by atoms with Gasteiger partial charge in [0.15, 0.2) is 5.78 Å². The molecule has 0 heterocycles. The lowest BCUT2D eigenvalue weighted by molar-refractivity contribution is -0.137. The molecular weight excluding hydrogens is 369 g/mol. The van der Waals surface area contributed by atoms with Crippen LogP contribution in [0, 0.1) is 14.9 Å². The molecule has 0 N–H and O–H groups in total. The van der Waals surface area contributed by atoms with E-state index in [0.717, 1.165) is 0 Å². The number of rotatable bonds is 2. The number of Topliss-reactive ketones (excluding diaryl/α,β-unsaturated/α-hetero) is 1. The van der Waals surface area contributed by atoms with Crippen molar-refractivity contribution in [3.63, 3.8) is 0 Å². The molecule has 17 heavy (non-hydrogen) atoms.